The van der Waals surface area contributed by atoms with Gasteiger partial charge in [-0.2, -0.15) is 0 Å². The van der Waals surface area contributed by atoms with Crippen molar-refractivity contribution in [2.75, 3.05) is 24.3 Å². The van der Waals surface area contributed by atoms with Crippen LogP contribution in [0.5, 0.6) is 0 Å². The number of hydrogen-bond acceptors (Lipinski definition) is 2. The van der Waals surface area contributed by atoms with Crippen molar-refractivity contribution in [3.8, 4) is 0 Å². The molecule has 5 heteroatoms. The van der Waals surface area contributed by atoms with Crippen LogP contribution in [0, 0.1) is 0 Å². The molecule has 0 aliphatic heterocycles. The Morgan fingerprint density at radius 2 is 1.95 bits per heavy atom. The van der Waals surface area contributed by atoms with Crippen LogP contribution in [0.1, 0.15) is 5.56 Å². The first kappa shape index (κ1) is 15.9. The normalized spacial score (nSPS) is 10.3. The van der Waals surface area contributed by atoms with Crippen molar-refractivity contribution < 1.29 is 4.79 Å². The monoisotopic (exact) mass is 366 g/mol. The summed E-state index contributed by atoms with van der Waals surface area (Å²) >= 11 is 9.59. The van der Waals surface area contributed by atoms with Crippen molar-refractivity contribution in [1.82, 2.24) is 0 Å². The zero-order chi connectivity index (χ0) is 15.4. The van der Waals surface area contributed by atoms with Gasteiger partial charge in [0.15, 0.2) is 0 Å². The van der Waals surface area contributed by atoms with Crippen molar-refractivity contribution in [3.05, 3.63) is 57.5 Å². The fourth-order valence-electron chi connectivity index (χ4n) is 2.10. The molecule has 21 heavy (non-hydrogen) atoms. The molecule has 0 fully saturated rings. The van der Waals surface area contributed by atoms with Crippen LogP contribution in [0.15, 0.2) is 46.9 Å². The van der Waals surface area contributed by atoms with Gasteiger partial charge in [0.25, 0.3) is 0 Å². The molecule has 2 aromatic rings. The van der Waals surface area contributed by atoms with Gasteiger partial charge >= 0.3 is 0 Å². The lowest BCUT2D eigenvalue weighted by molar-refractivity contribution is -0.115. The first-order valence-corrected chi connectivity index (χ1v) is 7.64. The Balaban J connectivity index is 2.15. The Morgan fingerprint density at radius 3 is 2.62 bits per heavy atom. The second-order valence-electron chi connectivity index (χ2n) is 4.89. The molecule has 1 N–H and O–H groups in total. The largest absolute Gasteiger partial charge is 0.375 e. The molecule has 0 unspecified atom stereocenters. The summed E-state index contributed by atoms with van der Waals surface area (Å²) in [5.41, 5.74) is 2.48. The number of amides is 1. The van der Waals surface area contributed by atoms with Crippen molar-refractivity contribution >= 4 is 44.8 Å². The number of hydrogen-bond donors (Lipinski definition) is 1. The SMILES string of the molecule is CN(C)c1c(Cl)cccc1NC(=O)Cc1cccc(Br)c1. The third-order valence-electron chi connectivity index (χ3n) is 2.96. The summed E-state index contributed by atoms with van der Waals surface area (Å²) in [4.78, 5) is 14.1. The Morgan fingerprint density at radius 1 is 1.24 bits per heavy atom. The lowest BCUT2D eigenvalue weighted by Gasteiger charge is -2.19. The molecule has 110 valence electrons. The fourth-order valence-corrected chi connectivity index (χ4v) is 2.89. The topological polar surface area (TPSA) is 32.3 Å². The molecule has 0 heterocycles. The number of para-hydroxylation sites is 1. The van der Waals surface area contributed by atoms with Crippen LogP contribution >= 0.6 is 27.5 Å². The molecule has 0 spiro atoms. The minimum absolute atomic E-state index is 0.0709. The van der Waals surface area contributed by atoms with Gasteiger partial charge in [0, 0.05) is 18.6 Å². The van der Waals surface area contributed by atoms with Crippen molar-refractivity contribution in [1.29, 1.82) is 0 Å². The van der Waals surface area contributed by atoms with Crippen LogP contribution in [0.2, 0.25) is 5.02 Å². The second kappa shape index (κ2) is 6.96. The summed E-state index contributed by atoms with van der Waals surface area (Å²) in [5, 5.41) is 3.53. The number of rotatable bonds is 4. The predicted molar refractivity (Wildman–Crippen MR) is 92.3 cm³/mol. The molecule has 2 aromatic carbocycles. The van der Waals surface area contributed by atoms with E-state index < -0.39 is 0 Å². The smallest absolute Gasteiger partial charge is 0.228 e. The van der Waals surface area contributed by atoms with Crippen molar-refractivity contribution in [2.45, 2.75) is 6.42 Å². The van der Waals surface area contributed by atoms with E-state index in [1.807, 2.05) is 55.4 Å². The molecule has 0 saturated carbocycles. The van der Waals surface area contributed by atoms with Crippen LogP contribution in [0.25, 0.3) is 0 Å². The van der Waals surface area contributed by atoms with E-state index in [0.717, 1.165) is 15.7 Å². The summed E-state index contributed by atoms with van der Waals surface area (Å²) in [5.74, 6) is -0.0709. The lowest BCUT2D eigenvalue weighted by atomic mass is 10.1. The van der Waals surface area contributed by atoms with E-state index in [1.165, 1.54) is 0 Å². The molecule has 1 amide bonds. The first-order valence-electron chi connectivity index (χ1n) is 6.47. The molecular formula is C16H16BrClN2O. The van der Waals surface area contributed by atoms with E-state index >= 15 is 0 Å². The van der Waals surface area contributed by atoms with Crippen LogP contribution in [-0.2, 0) is 11.2 Å². The van der Waals surface area contributed by atoms with Gasteiger partial charge in [0.05, 0.1) is 22.8 Å². The molecule has 0 radical (unpaired) electrons. The summed E-state index contributed by atoms with van der Waals surface area (Å²) in [7, 11) is 3.79. The maximum absolute atomic E-state index is 12.2. The van der Waals surface area contributed by atoms with Crippen LogP contribution in [0.4, 0.5) is 11.4 Å². The van der Waals surface area contributed by atoms with Crippen LogP contribution in [0.3, 0.4) is 0 Å². The van der Waals surface area contributed by atoms with E-state index in [9.17, 15) is 4.79 Å². The van der Waals surface area contributed by atoms with E-state index in [4.69, 9.17) is 11.6 Å². The number of anilines is 2. The average Bonchev–Trinajstić information content (AvgIpc) is 2.37. The van der Waals surface area contributed by atoms with Gasteiger partial charge in [-0.25, -0.2) is 0 Å². The highest BCUT2D eigenvalue weighted by Crippen LogP contribution is 2.32. The highest BCUT2D eigenvalue weighted by Gasteiger charge is 2.12. The summed E-state index contributed by atoms with van der Waals surface area (Å²) in [6.45, 7) is 0. The molecular weight excluding hydrogens is 352 g/mol. The van der Waals surface area contributed by atoms with E-state index in [2.05, 4.69) is 21.2 Å². The van der Waals surface area contributed by atoms with E-state index in [1.54, 1.807) is 6.07 Å². The highest BCUT2D eigenvalue weighted by molar-refractivity contribution is 9.10. The number of benzene rings is 2. The number of carbonyl (C=O) groups excluding carboxylic acids is 1. The van der Waals surface area contributed by atoms with Gasteiger partial charge in [-0.05, 0) is 29.8 Å². The van der Waals surface area contributed by atoms with Gasteiger partial charge < -0.3 is 10.2 Å². The lowest BCUT2D eigenvalue weighted by Crippen LogP contribution is -2.18. The summed E-state index contributed by atoms with van der Waals surface area (Å²) in [6.07, 6.45) is 0.318. The van der Waals surface area contributed by atoms with Gasteiger partial charge in [-0.1, -0.05) is 45.7 Å². The minimum atomic E-state index is -0.0709. The molecule has 0 bridgehead atoms. The molecule has 0 aromatic heterocycles. The molecule has 2 rings (SSSR count). The third kappa shape index (κ3) is 4.22. The average molecular weight is 368 g/mol. The first-order chi connectivity index (χ1) is 9.97. The van der Waals surface area contributed by atoms with Gasteiger partial charge in [-0.3, -0.25) is 4.79 Å². The molecule has 0 atom stereocenters. The Labute approximate surface area is 138 Å². The maximum Gasteiger partial charge on any atom is 0.228 e. The highest BCUT2D eigenvalue weighted by atomic mass is 79.9. The maximum atomic E-state index is 12.2. The molecule has 0 aliphatic rings. The zero-order valence-corrected chi connectivity index (χ0v) is 14.2. The number of halogens is 2. The Hall–Kier alpha value is -1.52. The second-order valence-corrected chi connectivity index (χ2v) is 6.21. The summed E-state index contributed by atoms with van der Waals surface area (Å²) < 4.78 is 0.963. The summed E-state index contributed by atoms with van der Waals surface area (Å²) in [6, 6.07) is 13.2. The number of nitrogens with zero attached hydrogens (tertiary/aromatic N) is 1. The van der Waals surface area contributed by atoms with Gasteiger partial charge in [-0.15, -0.1) is 0 Å². The van der Waals surface area contributed by atoms with E-state index in [-0.39, 0.29) is 5.91 Å². The third-order valence-corrected chi connectivity index (χ3v) is 3.76. The number of carbonyl (C=O) groups is 1. The van der Waals surface area contributed by atoms with Crippen LogP contribution < -0.4 is 10.2 Å². The van der Waals surface area contributed by atoms with Crippen LogP contribution in [-0.4, -0.2) is 20.0 Å². The standard InChI is InChI=1S/C16H16BrClN2O/c1-20(2)16-13(18)7-4-8-14(16)19-15(21)10-11-5-3-6-12(17)9-11/h3-9H,10H2,1-2H3,(H,19,21). The van der Waals surface area contributed by atoms with E-state index in [0.29, 0.717) is 17.1 Å². The van der Waals surface area contributed by atoms with Gasteiger partial charge in [0.1, 0.15) is 0 Å². The van der Waals surface area contributed by atoms with Crippen molar-refractivity contribution in [3.63, 3.8) is 0 Å². The molecule has 0 saturated heterocycles. The number of nitrogens with one attached hydrogen (secondary N) is 1. The quantitative estimate of drug-likeness (QED) is 0.871. The molecule has 3 nitrogen and oxygen atoms in total. The Kier molecular flexibility index (Phi) is 5.26. The Bertz CT molecular complexity index is 658. The minimum Gasteiger partial charge on any atom is -0.375 e. The predicted octanol–water partition coefficient (Wildman–Crippen LogP) is 4.35. The molecule has 0 aliphatic carbocycles. The zero-order valence-electron chi connectivity index (χ0n) is 11.9. The van der Waals surface area contributed by atoms with Crippen molar-refractivity contribution in [2.24, 2.45) is 0 Å². The van der Waals surface area contributed by atoms with Gasteiger partial charge in [0.2, 0.25) is 5.91 Å². The fraction of sp³-hybridized carbons (Fsp3) is 0.188.